The summed E-state index contributed by atoms with van der Waals surface area (Å²) in [7, 11) is 0. The van der Waals surface area contributed by atoms with E-state index in [0.29, 0.717) is 46.8 Å². The van der Waals surface area contributed by atoms with Crippen LogP contribution in [0.1, 0.15) is 23.1 Å². The monoisotopic (exact) mass is 358 g/mol. The second kappa shape index (κ2) is 6.02. The first-order valence-electron chi connectivity index (χ1n) is 7.83. The van der Waals surface area contributed by atoms with Crippen LogP contribution in [0.2, 0.25) is 5.02 Å². The van der Waals surface area contributed by atoms with Gasteiger partial charge in [-0.1, -0.05) is 11.6 Å². The Balaban J connectivity index is 1.70. The molecule has 3 aromatic rings. The number of halogens is 1. The quantitative estimate of drug-likeness (QED) is 0.665. The van der Waals surface area contributed by atoms with Gasteiger partial charge in [0.1, 0.15) is 0 Å². The predicted molar refractivity (Wildman–Crippen MR) is 92.7 cm³/mol. The molecule has 3 N–H and O–H groups in total. The van der Waals surface area contributed by atoms with Gasteiger partial charge < -0.3 is 15.1 Å². The van der Waals surface area contributed by atoms with Gasteiger partial charge in [-0.15, -0.1) is 0 Å². The van der Waals surface area contributed by atoms with E-state index < -0.39 is 12.0 Å². The summed E-state index contributed by atoms with van der Waals surface area (Å²) in [5, 5.41) is 10.6. The van der Waals surface area contributed by atoms with Crippen LogP contribution in [-0.2, 0) is 17.8 Å². The highest BCUT2D eigenvalue weighted by Gasteiger charge is 2.35. The van der Waals surface area contributed by atoms with Crippen LogP contribution in [0.25, 0.3) is 10.9 Å². The van der Waals surface area contributed by atoms with Gasteiger partial charge in [-0.05, 0) is 18.2 Å². The van der Waals surface area contributed by atoms with Crippen molar-refractivity contribution in [2.24, 2.45) is 0 Å². The van der Waals surface area contributed by atoms with Gasteiger partial charge in [0.25, 0.3) is 0 Å². The van der Waals surface area contributed by atoms with E-state index in [4.69, 9.17) is 11.6 Å². The maximum absolute atomic E-state index is 12.3. The molecule has 2 aromatic heterocycles. The van der Waals surface area contributed by atoms with Crippen molar-refractivity contribution in [1.29, 1.82) is 0 Å². The van der Waals surface area contributed by atoms with Crippen LogP contribution in [0, 0.1) is 0 Å². The molecule has 1 atom stereocenters. The molecule has 25 heavy (non-hydrogen) atoms. The minimum Gasteiger partial charge on any atom is -0.480 e. The molecule has 128 valence electrons. The summed E-state index contributed by atoms with van der Waals surface area (Å²) in [6.07, 6.45) is 2.21. The zero-order valence-corrected chi connectivity index (χ0v) is 13.9. The molecule has 4 rings (SSSR count). The largest absolute Gasteiger partial charge is 0.480 e. The molecule has 1 aromatic carbocycles. The Kier molecular flexibility index (Phi) is 3.82. The fourth-order valence-corrected chi connectivity index (χ4v) is 3.52. The van der Waals surface area contributed by atoms with E-state index >= 15 is 0 Å². The number of nitrogens with zero attached hydrogens (tertiary/aromatic N) is 2. The summed E-state index contributed by atoms with van der Waals surface area (Å²) < 4.78 is 0. The number of benzene rings is 1. The molecule has 0 amide bonds. The van der Waals surface area contributed by atoms with Gasteiger partial charge in [0.05, 0.1) is 12.0 Å². The van der Waals surface area contributed by atoms with Gasteiger partial charge in [0.2, 0.25) is 0 Å². The standard InChI is InChI=1S/C17H15ClN4O3/c18-9-1-2-12-11(5-9)14(23)6-10(21-12)7-22-4-3-13-15(20-8-19-13)16(22)17(24)25/h1-2,5-6,8,16H,3-4,7H2,(H,19,20)(H,21,23)(H,24,25)/t16-/m0/s1. The van der Waals surface area contributed by atoms with Crippen LogP contribution in [-0.4, -0.2) is 37.5 Å². The number of carboxylic acids is 1. The number of fused-ring (bicyclic) bond motifs is 2. The minimum absolute atomic E-state index is 0.143. The van der Waals surface area contributed by atoms with E-state index in [9.17, 15) is 14.7 Å². The summed E-state index contributed by atoms with van der Waals surface area (Å²) in [6, 6.07) is 5.74. The number of imidazole rings is 1. The van der Waals surface area contributed by atoms with Crippen molar-refractivity contribution < 1.29 is 9.90 Å². The first-order chi connectivity index (χ1) is 12.0. The van der Waals surface area contributed by atoms with Gasteiger partial charge in [0, 0.05) is 52.9 Å². The summed E-state index contributed by atoms with van der Waals surface area (Å²) in [5.41, 5.74) is 2.58. The Labute approximate surface area is 147 Å². The smallest absolute Gasteiger partial charge is 0.327 e. The molecule has 0 unspecified atom stereocenters. The third-order valence-corrected chi connectivity index (χ3v) is 4.71. The predicted octanol–water partition coefficient (Wildman–Crippen LogP) is 2.09. The molecule has 0 fully saturated rings. The maximum atomic E-state index is 12.3. The Bertz CT molecular complexity index is 1030. The molecule has 0 bridgehead atoms. The number of aromatic nitrogens is 3. The van der Waals surface area contributed by atoms with Crippen molar-refractivity contribution in [3.63, 3.8) is 0 Å². The summed E-state index contributed by atoms with van der Waals surface area (Å²) in [4.78, 5) is 36.2. The lowest BCUT2D eigenvalue weighted by Gasteiger charge is -2.31. The van der Waals surface area contributed by atoms with E-state index in [1.807, 2.05) is 0 Å². The van der Waals surface area contributed by atoms with Crippen molar-refractivity contribution in [3.05, 3.63) is 62.9 Å². The molecular weight excluding hydrogens is 344 g/mol. The number of aromatic amines is 2. The maximum Gasteiger partial charge on any atom is 0.327 e. The third-order valence-electron chi connectivity index (χ3n) is 4.48. The fraction of sp³-hybridized carbons (Fsp3) is 0.235. The average molecular weight is 359 g/mol. The Hall–Kier alpha value is -2.64. The second-order valence-electron chi connectivity index (χ2n) is 6.08. The number of rotatable bonds is 3. The molecular formula is C17H15ClN4O3. The first-order valence-corrected chi connectivity index (χ1v) is 8.21. The molecule has 0 radical (unpaired) electrons. The number of hydrogen-bond acceptors (Lipinski definition) is 4. The lowest BCUT2D eigenvalue weighted by molar-refractivity contribution is -0.144. The van der Waals surface area contributed by atoms with Crippen LogP contribution >= 0.6 is 11.6 Å². The van der Waals surface area contributed by atoms with Crippen molar-refractivity contribution in [3.8, 4) is 0 Å². The summed E-state index contributed by atoms with van der Waals surface area (Å²) in [5.74, 6) is -0.956. The van der Waals surface area contributed by atoms with Gasteiger partial charge in [0.15, 0.2) is 11.5 Å². The highest BCUT2D eigenvalue weighted by molar-refractivity contribution is 6.31. The van der Waals surface area contributed by atoms with E-state index in [1.165, 1.54) is 12.4 Å². The van der Waals surface area contributed by atoms with Crippen LogP contribution < -0.4 is 5.43 Å². The van der Waals surface area contributed by atoms with Crippen LogP contribution in [0.15, 0.2) is 35.4 Å². The zero-order chi connectivity index (χ0) is 17.6. The van der Waals surface area contributed by atoms with E-state index in [-0.39, 0.29) is 5.43 Å². The summed E-state index contributed by atoms with van der Waals surface area (Å²) >= 11 is 5.94. The highest BCUT2D eigenvalue weighted by Crippen LogP contribution is 2.28. The van der Waals surface area contributed by atoms with Crippen LogP contribution in [0.4, 0.5) is 0 Å². The number of carboxylic acid groups (broad SMARTS) is 1. The number of carbonyl (C=O) groups is 1. The average Bonchev–Trinajstić information content (AvgIpc) is 3.03. The molecule has 7 nitrogen and oxygen atoms in total. The van der Waals surface area contributed by atoms with Gasteiger partial charge >= 0.3 is 5.97 Å². The molecule has 8 heteroatoms. The first kappa shape index (κ1) is 15.9. The van der Waals surface area contributed by atoms with Crippen LogP contribution in [0.3, 0.4) is 0 Å². The minimum atomic E-state index is -0.956. The molecule has 0 spiro atoms. The SMILES string of the molecule is O=C(O)[C@@H]1c2nc[nH]c2CCN1Cc1cc(=O)c2cc(Cl)ccc2[nH]1. The number of hydrogen-bond donors (Lipinski definition) is 3. The molecule has 0 saturated heterocycles. The third kappa shape index (κ3) is 2.81. The normalized spacial score (nSPS) is 17.6. The van der Waals surface area contributed by atoms with Gasteiger partial charge in [-0.2, -0.15) is 0 Å². The highest BCUT2D eigenvalue weighted by atomic mass is 35.5. The van der Waals surface area contributed by atoms with E-state index in [2.05, 4.69) is 15.0 Å². The van der Waals surface area contributed by atoms with Crippen molar-refractivity contribution >= 4 is 28.5 Å². The Morgan fingerprint density at radius 2 is 2.24 bits per heavy atom. The fourth-order valence-electron chi connectivity index (χ4n) is 3.35. The Morgan fingerprint density at radius 1 is 1.40 bits per heavy atom. The van der Waals surface area contributed by atoms with E-state index in [0.717, 1.165) is 5.69 Å². The number of aliphatic carboxylic acids is 1. The number of H-pyrrole nitrogens is 2. The van der Waals surface area contributed by atoms with Crippen molar-refractivity contribution in [2.75, 3.05) is 6.54 Å². The topological polar surface area (TPSA) is 102 Å². The van der Waals surface area contributed by atoms with Gasteiger partial charge in [-0.3, -0.25) is 14.5 Å². The molecule has 3 heterocycles. The second-order valence-corrected chi connectivity index (χ2v) is 6.51. The van der Waals surface area contributed by atoms with E-state index in [1.54, 1.807) is 23.1 Å². The molecule has 0 aliphatic carbocycles. The summed E-state index contributed by atoms with van der Waals surface area (Å²) in [6.45, 7) is 0.879. The molecule has 1 aliphatic rings. The lowest BCUT2D eigenvalue weighted by atomic mass is 10.0. The number of nitrogens with one attached hydrogen (secondary N) is 2. The zero-order valence-electron chi connectivity index (χ0n) is 13.1. The molecule has 0 saturated carbocycles. The van der Waals surface area contributed by atoms with Crippen LogP contribution in [0.5, 0.6) is 0 Å². The molecule has 1 aliphatic heterocycles. The number of pyridine rings is 1. The van der Waals surface area contributed by atoms with Crippen molar-refractivity contribution in [1.82, 2.24) is 19.9 Å². The van der Waals surface area contributed by atoms with Gasteiger partial charge in [-0.25, -0.2) is 4.98 Å². The Morgan fingerprint density at radius 3 is 3.04 bits per heavy atom. The lowest BCUT2D eigenvalue weighted by Crippen LogP contribution is -2.39. The van der Waals surface area contributed by atoms with Crippen molar-refractivity contribution in [2.45, 2.75) is 19.0 Å².